The fourth-order valence-corrected chi connectivity index (χ4v) is 8.21. The molecule has 1 aliphatic heterocycles. The molecule has 6 aromatic rings. The molecule has 1 saturated heterocycles. The first kappa shape index (κ1) is 45.4. The number of carbonyl (C=O) groups excluding carboxylic acids is 5. The molecule has 65 heavy (non-hydrogen) atoms. The quantitative estimate of drug-likeness (QED) is 0.0562. The number of carboxylic acid groups (broad SMARTS) is 1. The molecule has 1 fully saturated rings. The largest absolute Gasteiger partial charge is 0.480 e. The molecule has 336 valence electrons. The zero-order valence-electron chi connectivity index (χ0n) is 35.7. The Labute approximate surface area is 375 Å². The predicted octanol–water partition coefficient (Wildman–Crippen LogP) is 2.75. The lowest BCUT2D eigenvalue weighted by Crippen LogP contribution is -2.60. The Morgan fingerprint density at radius 1 is 0.646 bits per heavy atom. The van der Waals surface area contributed by atoms with Gasteiger partial charge in [-0.05, 0) is 47.6 Å². The van der Waals surface area contributed by atoms with Crippen LogP contribution >= 0.6 is 0 Å². The van der Waals surface area contributed by atoms with Crippen molar-refractivity contribution in [2.24, 2.45) is 5.73 Å². The van der Waals surface area contributed by atoms with E-state index in [0.29, 0.717) is 29.7 Å². The van der Waals surface area contributed by atoms with E-state index in [4.69, 9.17) is 5.73 Å². The molecule has 0 spiro atoms. The van der Waals surface area contributed by atoms with E-state index in [-0.39, 0.29) is 38.6 Å². The minimum atomic E-state index is -1.29. The van der Waals surface area contributed by atoms with Gasteiger partial charge in [-0.2, -0.15) is 0 Å². The van der Waals surface area contributed by atoms with Crippen LogP contribution in [0.1, 0.15) is 40.8 Å². The number of H-pyrrole nitrogens is 2. The second kappa shape index (κ2) is 21.7. The number of para-hydroxylation sites is 1. The van der Waals surface area contributed by atoms with Crippen molar-refractivity contribution in [3.05, 3.63) is 162 Å². The molecule has 0 radical (unpaired) electrons. The number of benzene rings is 4. The fourth-order valence-electron chi connectivity index (χ4n) is 8.21. The number of carbonyl (C=O) groups is 6. The van der Waals surface area contributed by atoms with Crippen LogP contribution in [-0.2, 0) is 60.9 Å². The first-order chi connectivity index (χ1) is 31.5. The molecule has 3 heterocycles. The van der Waals surface area contributed by atoms with Gasteiger partial charge in [0, 0.05) is 61.2 Å². The summed E-state index contributed by atoms with van der Waals surface area (Å²) in [5, 5.41) is 22.1. The molecular weight excluding hydrogens is 827 g/mol. The van der Waals surface area contributed by atoms with Crippen molar-refractivity contribution in [3.63, 3.8) is 0 Å². The number of rotatable bonds is 20. The molecule has 2 aromatic heterocycles. The number of carboxylic acids is 1. The van der Waals surface area contributed by atoms with Gasteiger partial charge in [0.15, 0.2) is 0 Å². The minimum absolute atomic E-state index is 0.0106. The topological polar surface area (TPSA) is 244 Å². The number of aromatic amines is 2. The van der Waals surface area contributed by atoms with E-state index in [1.54, 1.807) is 54.6 Å². The third-order valence-electron chi connectivity index (χ3n) is 11.6. The molecule has 1 aliphatic rings. The van der Waals surface area contributed by atoms with E-state index in [1.807, 2.05) is 66.9 Å². The van der Waals surface area contributed by atoms with Crippen LogP contribution in [0.3, 0.4) is 0 Å². The summed E-state index contributed by atoms with van der Waals surface area (Å²) in [4.78, 5) is 94.9. The zero-order valence-corrected chi connectivity index (χ0v) is 35.7. The summed E-state index contributed by atoms with van der Waals surface area (Å²) in [6, 6.07) is 27.9. The maximum Gasteiger partial charge on any atom is 0.326 e. The van der Waals surface area contributed by atoms with Gasteiger partial charge in [-0.1, -0.05) is 109 Å². The second-order valence-corrected chi connectivity index (χ2v) is 16.3. The van der Waals surface area contributed by atoms with Gasteiger partial charge in [0.2, 0.25) is 29.5 Å². The molecule has 6 atom stereocenters. The average molecular weight is 880 g/mol. The predicted molar refractivity (Wildman–Crippen MR) is 243 cm³/mol. The number of hydrogen-bond donors (Lipinski definition) is 8. The van der Waals surface area contributed by atoms with Crippen LogP contribution in [-0.4, -0.2) is 103 Å². The van der Waals surface area contributed by atoms with Crippen molar-refractivity contribution in [1.82, 2.24) is 41.1 Å². The molecule has 0 saturated carbocycles. The van der Waals surface area contributed by atoms with Gasteiger partial charge in [0.05, 0.1) is 12.4 Å². The Bertz CT molecular complexity index is 2550. The molecule has 7 rings (SSSR count). The number of fused-ring (bicyclic) bond motifs is 1. The van der Waals surface area contributed by atoms with Gasteiger partial charge in [-0.15, -0.1) is 0 Å². The first-order valence-electron chi connectivity index (χ1n) is 21.7. The number of aromatic nitrogens is 3. The van der Waals surface area contributed by atoms with E-state index in [0.717, 1.165) is 22.0 Å². The lowest BCUT2D eigenvalue weighted by Gasteiger charge is -2.30. The number of nitrogens with two attached hydrogens (primary N) is 1. The lowest BCUT2D eigenvalue weighted by atomic mass is 10.0. The Hall–Kier alpha value is -7.59. The molecule has 0 bridgehead atoms. The number of imidazole rings is 1. The highest BCUT2D eigenvalue weighted by atomic mass is 16.4. The van der Waals surface area contributed by atoms with Gasteiger partial charge in [0.25, 0.3) is 0 Å². The normalized spacial score (nSPS) is 15.8. The molecule has 9 N–H and O–H groups in total. The van der Waals surface area contributed by atoms with Crippen LogP contribution in [0.2, 0.25) is 0 Å². The van der Waals surface area contributed by atoms with Gasteiger partial charge < -0.3 is 47.0 Å². The molecule has 16 heteroatoms. The van der Waals surface area contributed by atoms with E-state index >= 15 is 0 Å². The molecule has 4 aromatic carbocycles. The van der Waals surface area contributed by atoms with E-state index < -0.39 is 71.8 Å². The standard InChI is InChI=1S/C49H53N9O7/c50-37(26-34-28-52-38-20-11-10-19-36(34)38)44(59)56-41(24-32-15-6-2-7-16-32)48(63)58-22-12-21-43(58)47(62)55-40(27-35-29-51-30-53-35)46(61)54-39(23-31-13-4-1-5-14-31)45(60)57-42(49(64)65)25-33-17-8-3-9-18-33/h1-11,13-20,28-30,37,39-43,52H,12,21-27,50H2,(H,51,53)(H,54,61)(H,55,62)(H,56,59)(H,57,60)(H,64,65)/t37-,39-,40-,41-,42-,43-/m0/s1. The zero-order chi connectivity index (χ0) is 45.7. The minimum Gasteiger partial charge on any atom is -0.480 e. The summed E-state index contributed by atoms with van der Waals surface area (Å²) < 4.78 is 0. The molecule has 5 amide bonds. The highest BCUT2D eigenvalue weighted by Gasteiger charge is 2.40. The first-order valence-corrected chi connectivity index (χ1v) is 21.7. The van der Waals surface area contributed by atoms with Gasteiger partial charge >= 0.3 is 5.97 Å². The van der Waals surface area contributed by atoms with Crippen molar-refractivity contribution in [3.8, 4) is 0 Å². The Morgan fingerprint density at radius 3 is 1.78 bits per heavy atom. The summed E-state index contributed by atoms with van der Waals surface area (Å²) >= 11 is 0. The van der Waals surface area contributed by atoms with E-state index in [1.165, 1.54) is 17.4 Å². The third-order valence-corrected chi connectivity index (χ3v) is 11.6. The summed E-state index contributed by atoms with van der Waals surface area (Å²) in [6.45, 7) is 0.226. The maximum absolute atomic E-state index is 14.5. The van der Waals surface area contributed by atoms with Crippen molar-refractivity contribution in [2.75, 3.05) is 6.54 Å². The second-order valence-electron chi connectivity index (χ2n) is 16.3. The molecule has 16 nitrogen and oxygen atoms in total. The summed E-state index contributed by atoms with van der Waals surface area (Å²) in [7, 11) is 0. The molecular formula is C49H53N9O7. The van der Waals surface area contributed by atoms with Crippen LogP contribution in [0, 0.1) is 0 Å². The van der Waals surface area contributed by atoms with Gasteiger partial charge in [-0.3, -0.25) is 24.0 Å². The maximum atomic E-state index is 14.5. The van der Waals surface area contributed by atoms with Gasteiger partial charge in [-0.25, -0.2) is 9.78 Å². The number of hydrogen-bond acceptors (Lipinski definition) is 8. The highest BCUT2D eigenvalue weighted by molar-refractivity contribution is 5.97. The monoisotopic (exact) mass is 879 g/mol. The Balaban J connectivity index is 1.08. The van der Waals surface area contributed by atoms with Crippen LogP contribution in [0.15, 0.2) is 134 Å². The van der Waals surface area contributed by atoms with E-state index in [9.17, 15) is 33.9 Å². The highest BCUT2D eigenvalue weighted by Crippen LogP contribution is 2.22. The lowest BCUT2D eigenvalue weighted by molar-refractivity contribution is -0.142. The SMILES string of the molecule is N[C@@H](Cc1c[nH]c2ccccc12)C(=O)N[C@@H](Cc1ccccc1)C(=O)N1CCC[C@H]1C(=O)N[C@@H](Cc1cnc[nH]1)C(=O)N[C@@H](Cc1ccccc1)C(=O)N[C@@H](Cc1ccccc1)C(=O)O. The van der Waals surface area contributed by atoms with Crippen LogP contribution in [0.4, 0.5) is 0 Å². The number of nitrogens with zero attached hydrogens (tertiary/aromatic N) is 2. The number of likely N-dealkylation sites (tertiary alicyclic amines) is 1. The molecule has 0 unspecified atom stereocenters. The number of aliphatic carboxylic acids is 1. The van der Waals surface area contributed by atoms with Crippen molar-refractivity contribution in [1.29, 1.82) is 0 Å². The molecule has 0 aliphatic carbocycles. The van der Waals surface area contributed by atoms with Crippen LogP contribution in [0.5, 0.6) is 0 Å². The van der Waals surface area contributed by atoms with Crippen LogP contribution < -0.4 is 27.0 Å². The third kappa shape index (κ3) is 12.1. The number of amides is 5. The Kier molecular flexibility index (Phi) is 15.1. The summed E-state index contributed by atoms with van der Waals surface area (Å²) in [6.07, 6.45) is 5.87. The van der Waals surface area contributed by atoms with Gasteiger partial charge in [0.1, 0.15) is 30.2 Å². The van der Waals surface area contributed by atoms with Crippen molar-refractivity contribution >= 4 is 46.4 Å². The van der Waals surface area contributed by atoms with E-state index in [2.05, 4.69) is 36.2 Å². The summed E-state index contributed by atoms with van der Waals surface area (Å²) in [5.41, 5.74) is 10.9. The summed E-state index contributed by atoms with van der Waals surface area (Å²) in [5.74, 6) is -4.28. The van der Waals surface area contributed by atoms with Crippen molar-refractivity contribution in [2.45, 2.75) is 81.2 Å². The smallest absolute Gasteiger partial charge is 0.326 e. The van der Waals surface area contributed by atoms with Crippen molar-refractivity contribution < 1.29 is 33.9 Å². The van der Waals surface area contributed by atoms with Crippen LogP contribution in [0.25, 0.3) is 10.9 Å². The average Bonchev–Trinajstić information content (AvgIpc) is 4.11. The fraction of sp³-hybridized carbons (Fsp3) is 0.286. The Morgan fingerprint density at radius 2 is 1.18 bits per heavy atom. The number of nitrogens with one attached hydrogen (secondary N) is 6.